The summed E-state index contributed by atoms with van der Waals surface area (Å²) >= 11 is 0. The number of rotatable bonds is 3. The fourth-order valence-electron chi connectivity index (χ4n) is 4.16. The monoisotopic (exact) mass is 377 g/mol. The van der Waals surface area contributed by atoms with E-state index in [0.29, 0.717) is 0 Å². The van der Waals surface area contributed by atoms with Gasteiger partial charge in [0.15, 0.2) is 5.82 Å². The van der Waals surface area contributed by atoms with Gasteiger partial charge in [-0.05, 0) is 37.1 Å². The van der Waals surface area contributed by atoms with Crippen molar-refractivity contribution >= 4 is 11.5 Å². The van der Waals surface area contributed by atoms with Crippen LogP contribution < -0.4 is 0 Å². The minimum atomic E-state index is 0.248. The Kier molecular flexibility index (Phi) is 4.36. The average molecular weight is 377 g/mol. The van der Waals surface area contributed by atoms with Gasteiger partial charge < -0.3 is 0 Å². The third kappa shape index (κ3) is 3.19. The lowest BCUT2D eigenvalue weighted by molar-refractivity contribution is 0.827. The first-order chi connectivity index (χ1) is 14.2. The second-order valence-corrected chi connectivity index (χ2v) is 7.66. The third-order valence-corrected chi connectivity index (χ3v) is 5.66. The van der Waals surface area contributed by atoms with Gasteiger partial charge in [0.25, 0.3) is 0 Å². The van der Waals surface area contributed by atoms with Gasteiger partial charge in [-0.1, -0.05) is 78.4 Å². The van der Waals surface area contributed by atoms with Crippen LogP contribution in [0.5, 0.6) is 0 Å². The number of aromatic nitrogens is 2. The number of fused-ring (bicyclic) bond motifs is 1. The van der Waals surface area contributed by atoms with Crippen LogP contribution in [-0.2, 0) is 0 Å². The molecule has 1 aliphatic rings. The molecule has 0 fully saturated rings. The smallest absolute Gasteiger partial charge is 0.160 e. The molecular formula is C26H23N3. The van der Waals surface area contributed by atoms with E-state index in [1.807, 2.05) is 22.9 Å². The van der Waals surface area contributed by atoms with Gasteiger partial charge in [0.1, 0.15) is 0 Å². The molecule has 29 heavy (non-hydrogen) atoms. The molecule has 5 rings (SSSR count). The molecule has 0 radical (unpaired) electrons. The van der Waals surface area contributed by atoms with Crippen LogP contribution in [-0.4, -0.2) is 15.5 Å². The Bertz CT molecular complexity index is 1170. The van der Waals surface area contributed by atoms with E-state index >= 15 is 0 Å². The Morgan fingerprint density at radius 1 is 0.793 bits per heavy atom. The zero-order valence-electron chi connectivity index (χ0n) is 16.7. The van der Waals surface area contributed by atoms with Crippen molar-refractivity contribution in [2.24, 2.45) is 4.99 Å². The zero-order chi connectivity index (χ0) is 19.8. The summed E-state index contributed by atoms with van der Waals surface area (Å²) in [5, 5.41) is 4.89. The number of aliphatic imine (C=N–C) groups is 1. The number of hydrogen-bond acceptors (Lipinski definition) is 2. The molecule has 3 nitrogen and oxygen atoms in total. The largest absolute Gasteiger partial charge is 0.233 e. The maximum Gasteiger partial charge on any atom is 0.160 e. The molecule has 0 aliphatic carbocycles. The van der Waals surface area contributed by atoms with Crippen LogP contribution in [0.4, 0.5) is 5.82 Å². The minimum Gasteiger partial charge on any atom is -0.233 e. The van der Waals surface area contributed by atoms with Crippen LogP contribution in [0.2, 0.25) is 0 Å². The Morgan fingerprint density at radius 3 is 2.14 bits per heavy atom. The molecule has 0 saturated heterocycles. The van der Waals surface area contributed by atoms with E-state index in [9.17, 15) is 0 Å². The first kappa shape index (κ1) is 17.6. The minimum absolute atomic E-state index is 0.248. The molecule has 1 aromatic heterocycles. The summed E-state index contributed by atoms with van der Waals surface area (Å²) in [4.78, 5) is 5.14. The predicted molar refractivity (Wildman–Crippen MR) is 119 cm³/mol. The highest BCUT2D eigenvalue weighted by Crippen LogP contribution is 2.42. The zero-order valence-corrected chi connectivity index (χ0v) is 16.7. The maximum atomic E-state index is 5.14. The average Bonchev–Trinajstić information content (AvgIpc) is 3.11. The van der Waals surface area contributed by atoms with Gasteiger partial charge in [-0.15, -0.1) is 0 Å². The molecule has 4 aromatic rings. The Labute approximate surface area is 171 Å². The van der Waals surface area contributed by atoms with E-state index in [4.69, 9.17) is 10.1 Å². The molecule has 0 amide bonds. The summed E-state index contributed by atoms with van der Waals surface area (Å²) in [5.41, 5.74) is 8.18. The lowest BCUT2D eigenvalue weighted by atomic mass is 9.83. The maximum absolute atomic E-state index is 5.14. The number of hydrogen-bond donors (Lipinski definition) is 0. The first-order valence-corrected chi connectivity index (χ1v) is 10.0. The van der Waals surface area contributed by atoms with E-state index in [2.05, 4.69) is 80.6 Å². The molecule has 3 heteroatoms. The highest BCUT2D eigenvalue weighted by atomic mass is 15.3. The number of para-hydroxylation sites is 1. The summed E-state index contributed by atoms with van der Waals surface area (Å²) in [7, 11) is 0. The second kappa shape index (κ2) is 7.17. The van der Waals surface area contributed by atoms with Crippen molar-refractivity contribution in [3.05, 3.63) is 113 Å². The van der Waals surface area contributed by atoms with Gasteiger partial charge >= 0.3 is 0 Å². The van der Waals surface area contributed by atoms with Crippen LogP contribution in [0.1, 0.15) is 40.3 Å². The Morgan fingerprint density at radius 2 is 1.45 bits per heavy atom. The molecular weight excluding hydrogens is 354 g/mol. The van der Waals surface area contributed by atoms with Crippen LogP contribution in [0.15, 0.2) is 89.9 Å². The molecule has 0 N–H and O–H groups in total. The molecule has 0 spiro atoms. The van der Waals surface area contributed by atoms with Crippen molar-refractivity contribution in [2.75, 3.05) is 0 Å². The summed E-state index contributed by atoms with van der Waals surface area (Å²) in [6.45, 7) is 4.21. The van der Waals surface area contributed by atoms with Gasteiger partial charge in [-0.2, -0.15) is 5.10 Å². The van der Waals surface area contributed by atoms with Crippen LogP contribution in [0.3, 0.4) is 0 Å². The van der Waals surface area contributed by atoms with Crippen LogP contribution in [0, 0.1) is 13.8 Å². The predicted octanol–water partition coefficient (Wildman–Crippen LogP) is 6.15. The van der Waals surface area contributed by atoms with E-state index < -0.39 is 0 Å². The summed E-state index contributed by atoms with van der Waals surface area (Å²) in [6.07, 6.45) is 0.876. The molecule has 0 bridgehead atoms. The van der Waals surface area contributed by atoms with E-state index in [1.165, 1.54) is 22.3 Å². The van der Waals surface area contributed by atoms with Gasteiger partial charge in [0.05, 0.1) is 17.1 Å². The molecule has 1 aliphatic heterocycles. The van der Waals surface area contributed by atoms with Crippen molar-refractivity contribution in [3.8, 4) is 5.69 Å². The van der Waals surface area contributed by atoms with Crippen LogP contribution >= 0.6 is 0 Å². The number of nitrogens with zero attached hydrogens (tertiary/aromatic N) is 3. The fourth-order valence-corrected chi connectivity index (χ4v) is 4.16. The molecule has 1 unspecified atom stereocenters. The highest BCUT2D eigenvalue weighted by Gasteiger charge is 2.31. The van der Waals surface area contributed by atoms with E-state index in [0.717, 1.165) is 29.3 Å². The number of benzene rings is 3. The fraction of sp³-hybridized carbons (Fsp3) is 0.154. The van der Waals surface area contributed by atoms with Gasteiger partial charge in [0.2, 0.25) is 0 Å². The van der Waals surface area contributed by atoms with E-state index in [1.54, 1.807) is 0 Å². The number of aryl methyl sites for hydroxylation is 2. The Balaban J connectivity index is 1.72. The van der Waals surface area contributed by atoms with Crippen molar-refractivity contribution in [3.63, 3.8) is 0 Å². The second-order valence-electron chi connectivity index (χ2n) is 7.66. The van der Waals surface area contributed by atoms with Gasteiger partial charge in [-0.25, -0.2) is 9.67 Å². The third-order valence-electron chi connectivity index (χ3n) is 5.66. The first-order valence-electron chi connectivity index (χ1n) is 10.0. The van der Waals surface area contributed by atoms with Crippen molar-refractivity contribution < 1.29 is 0 Å². The standard InChI is InChI=1S/C26H23N3/c1-18-13-15-21(16-14-18)24-17-23(20-9-5-3-6-10-20)25-19(2)28-29(26(25)27-24)22-11-7-4-8-12-22/h3-16,23H,17H2,1-2H3. The van der Waals surface area contributed by atoms with Crippen LogP contribution in [0.25, 0.3) is 5.69 Å². The lowest BCUT2D eigenvalue weighted by Gasteiger charge is -2.24. The van der Waals surface area contributed by atoms with Crippen molar-refractivity contribution in [1.82, 2.24) is 9.78 Å². The van der Waals surface area contributed by atoms with Crippen molar-refractivity contribution in [1.29, 1.82) is 0 Å². The molecule has 1 atom stereocenters. The van der Waals surface area contributed by atoms with Gasteiger partial charge in [-0.3, -0.25) is 0 Å². The molecule has 2 heterocycles. The van der Waals surface area contributed by atoms with E-state index in [-0.39, 0.29) is 5.92 Å². The SMILES string of the molecule is Cc1ccc(C2=Nc3c(c(C)nn3-c3ccccc3)C(c3ccccc3)C2)cc1. The molecule has 142 valence electrons. The summed E-state index contributed by atoms with van der Waals surface area (Å²) in [5.74, 6) is 1.20. The topological polar surface area (TPSA) is 30.2 Å². The molecule has 0 saturated carbocycles. The normalized spacial score (nSPS) is 15.7. The molecule has 3 aromatic carbocycles. The highest BCUT2D eigenvalue weighted by molar-refractivity contribution is 6.04. The summed E-state index contributed by atoms with van der Waals surface area (Å²) in [6, 6.07) is 29.7. The van der Waals surface area contributed by atoms with Gasteiger partial charge in [0, 0.05) is 17.9 Å². The lowest BCUT2D eigenvalue weighted by Crippen LogP contribution is -2.15. The Hall–Kier alpha value is -3.46. The summed E-state index contributed by atoms with van der Waals surface area (Å²) < 4.78 is 1.99. The quantitative estimate of drug-likeness (QED) is 0.421. The van der Waals surface area contributed by atoms with Crippen molar-refractivity contribution in [2.45, 2.75) is 26.2 Å².